The molecule has 1 heterocycles. The molecule has 0 saturated heterocycles. The molecule has 0 fully saturated rings. The summed E-state index contributed by atoms with van der Waals surface area (Å²) in [5.41, 5.74) is 3.50. The van der Waals surface area contributed by atoms with Crippen molar-refractivity contribution < 1.29 is 9.53 Å². The molecule has 1 aromatic carbocycles. The fourth-order valence-corrected chi connectivity index (χ4v) is 2.93. The fourth-order valence-electron chi connectivity index (χ4n) is 2.34. The van der Waals surface area contributed by atoms with E-state index in [1.165, 1.54) is 0 Å². The van der Waals surface area contributed by atoms with Crippen LogP contribution in [0.2, 0.25) is 0 Å². The predicted molar refractivity (Wildman–Crippen MR) is 81.5 cm³/mol. The van der Waals surface area contributed by atoms with Crippen molar-refractivity contribution in [1.82, 2.24) is 9.78 Å². The number of hydrogen-bond donors (Lipinski definition) is 0. The number of carbonyl (C=O) groups excluding carboxylic acids is 1. The van der Waals surface area contributed by atoms with Crippen LogP contribution in [0, 0.1) is 13.8 Å². The summed E-state index contributed by atoms with van der Waals surface area (Å²) in [6, 6.07) is 5.91. The average Bonchev–Trinajstić information content (AvgIpc) is 2.64. The smallest absolute Gasteiger partial charge is 0.163 e. The highest BCUT2D eigenvalue weighted by Crippen LogP contribution is 2.26. The summed E-state index contributed by atoms with van der Waals surface area (Å²) in [4.78, 5) is 11.6. The zero-order valence-electron chi connectivity index (χ0n) is 12.0. The normalized spacial score (nSPS) is 10.7. The molecular formula is C15H17BrN2O2. The maximum absolute atomic E-state index is 11.6. The van der Waals surface area contributed by atoms with E-state index in [1.54, 1.807) is 14.0 Å². The summed E-state index contributed by atoms with van der Waals surface area (Å²) in [7, 11) is 1.64. The molecule has 0 amide bonds. The Bertz CT molecular complexity index is 662. The molecule has 0 radical (unpaired) electrons. The molecule has 20 heavy (non-hydrogen) atoms. The van der Waals surface area contributed by atoms with Gasteiger partial charge < -0.3 is 4.74 Å². The van der Waals surface area contributed by atoms with E-state index < -0.39 is 0 Å². The van der Waals surface area contributed by atoms with E-state index in [9.17, 15) is 4.79 Å². The highest BCUT2D eigenvalue weighted by Gasteiger charge is 2.15. The summed E-state index contributed by atoms with van der Waals surface area (Å²) in [5, 5.41) is 4.45. The summed E-state index contributed by atoms with van der Waals surface area (Å²) in [5.74, 6) is 0.855. The lowest BCUT2D eigenvalue weighted by atomic mass is 10.1. The van der Waals surface area contributed by atoms with Crippen LogP contribution in [0.4, 0.5) is 0 Å². The van der Waals surface area contributed by atoms with Crippen LogP contribution >= 0.6 is 15.9 Å². The molecule has 0 aliphatic rings. The third-order valence-corrected chi connectivity index (χ3v) is 3.90. The number of methoxy groups -OCH3 is 1. The number of hydrogen-bond acceptors (Lipinski definition) is 3. The van der Waals surface area contributed by atoms with Crippen LogP contribution < -0.4 is 4.74 Å². The first-order chi connectivity index (χ1) is 9.43. The molecule has 0 spiro atoms. The van der Waals surface area contributed by atoms with Crippen LogP contribution in [0.5, 0.6) is 5.75 Å². The summed E-state index contributed by atoms with van der Waals surface area (Å²) in [6.07, 6.45) is 0. The lowest BCUT2D eigenvalue weighted by molar-refractivity contribution is 0.101. The number of nitrogens with zero attached hydrogens (tertiary/aromatic N) is 2. The number of rotatable bonds is 4. The quantitative estimate of drug-likeness (QED) is 0.802. The predicted octanol–water partition coefficient (Wildman–Crippen LogP) is 3.52. The number of Topliss-reactive ketones (excluding diaryl/α,β-unsaturated/α-hetero) is 1. The molecule has 0 atom stereocenters. The molecule has 4 nitrogen and oxygen atoms in total. The first-order valence-electron chi connectivity index (χ1n) is 6.31. The molecule has 0 bridgehead atoms. The van der Waals surface area contributed by atoms with Crippen LogP contribution in [0.1, 0.15) is 34.2 Å². The SMILES string of the molecule is COc1ccc(Cn2nc(C)c(C(C)=O)c2C)cc1Br. The third-order valence-electron chi connectivity index (χ3n) is 3.28. The molecular weight excluding hydrogens is 320 g/mol. The molecule has 0 N–H and O–H groups in total. The number of aryl methyl sites for hydroxylation is 1. The van der Waals surface area contributed by atoms with E-state index in [2.05, 4.69) is 21.0 Å². The van der Waals surface area contributed by atoms with Crippen molar-refractivity contribution in [2.75, 3.05) is 7.11 Å². The summed E-state index contributed by atoms with van der Waals surface area (Å²) in [6.45, 7) is 5.99. The van der Waals surface area contributed by atoms with E-state index >= 15 is 0 Å². The molecule has 5 heteroatoms. The number of aromatic nitrogens is 2. The van der Waals surface area contributed by atoms with Crippen LogP contribution in [0.3, 0.4) is 0 Å². The minimum atomic E-state index is 0.0576. The largest absolute Gasteiger partial charge is 0.496 e. The van der Waals surface area contributed by atoms with Gasteiger partial charge in [-0.3, -0.25) is 9.48 Å². The molecule has 1 aromatic heterocycles. The van der Waals surface area contributed by atoms with Gasteiger partial charge >= 0.3 is 0 Å². The minimum Gasteiger partial charge on any atom is -0.496 e. The van der Waals surface area contributed by atoms with E-state index in [0.29, 0.717) is 6.54 Å². The van der Waals surface area contributed by atoms with Crippen LogP contribution in [-0.4, -0.2) is 22.7 Å². The van der Waals surface area contributed by atoms with Gasteiger partial charge in [0.25, 0.3) is 0 Å². The first kappa shape index (κ1) is 14.8. The van der Waals surface area contributed by atoms with Crippen molar-refractivity contribution >= 4 is 21.7 Å². The second-order valence-corrected chi connectivity index (χ2v) is 5.58. The second kappa shape index (κ2) is 5.79. The van der Waals surface area contributed by atoms with Gasteiger partial charge in [-0.05, 0) is 54.4 Å². The maximum Gasteiger partial charge on any atom is 0.163 e. The van der Waals surface area contributed by atoms with Gasteiger partial charge in [0.2, 0.25) is 0 Å². The van der Waals surface area contributed by atoms with Crippen molar-refractivity contribution in [3.05, 3.63) is 45.2 Å². The van der Waals surface area contributed by atoms with Gasteiger partial charge in [-0.1, -0.05) is 6.07 Å². The Hall–Kier alpha value is -1.62. The average molecular weight is 337 g/mol. The summed E-state index contributed by atoms with van der Waals surface area (Å²) >= 11 is 3.47. The Labute approximate surface area is 126 Å². The maximum atomic E-state index is 11.6. The Morgan fingerprint density at radius 2 is 2.10 bits per heavy atom. The molecule has 106 valence electrons. The molecule has 0 saturated carbocycles. The van der Waals surface area contributed by atoms with Crippen molar-refractivity contribution in [2.45, 2.75) is 27.3 Å². The van der Waals surface area contributed by atoms with E-state index in [0.717, 1.165) is 32.7 Å². The lowest BCUT2D eigenvalue weighted by Crippen LogP contribution is -2.05. The van der Waals surface area contributed by atoms with Gasteiger partial charge in [0.1, 0.15) is 5.75 Å². The Morgan fingerprint density at radius 1 is 1.40 bits per heavy atom. The zero-order valence-corrected chi connectivity index (χ0v) is 13.6. The van der Waals surface area contributed by atoms with Gasteiger partial charge in [-0.15, -0.1) is 0 Å². The van der Waals surface area contributed by atoms with Crippen molar-refractivity contribution in [3.8, 4) is 5.75 Å². The van der Waals surface area contributed by atoms with E-state index in [1.807, 2.05) is 36.7 Å². The topological polar surface area (TPSA) is 44.1 Å². The fraction of sp³-hybridized carbons (Fsp3) is 0.333. The van der Waals surface area contributed by atoms with Crippen LogP contribution in [-0.2, 0) is 6.54 Å². The van der Waals surface area contributed by atoms with Crippen molar-refractivity contribution in [1.29, 1.82) is 0 Å². The molecule has 2 rings (SSSR count). The van der Waals surface area contributed by atoms with Gasteiger partial charge in [0.15, 0.2) is 5.78 Å². The number of halogens is 1. The Kier molecular flexibility index (Phi) is 4.28. The second-order valence-electron chi connectivity index (χ2n) is 4.73. The standard InChI is InChI=1S/C15H17BrN2O2/c1-9-15(11(3)19)10(2)18(17-9)8-12-5-6-14(20-4)13(16)7-12/h5-7H,8H2,1-4H3. The lowest BCUT2D eigenvalue weighted by Gasteiger charge is -2.08. The van der Waals surface area contributed by atoms with Crippen molar-refractivity contribution in [3.63, 3.8) is 0 Å². The molecule has 0 aliphatic carbocycles. The van der Waals surface area contributed by atoms with Gasteiger partial charge in [0.05, 0.1) is 29.4 Å². The van der Waals surface area contributed by atoms with Crippen molar-refractivity contribution in [2.24, 2.45) is 0 Å². The Morgan fingerprint density at radius 3 is 2.60 bits per heavy atom. The van der Waals surface area contributed by atoms with Gasteiger partial charge in [-0.25, -0.2) is 0 Å². The zero-order chi connectivity index (χ0) is 14.9. The van der Waals surface area contributed by atoms with E-state index in [4.69, 9.17) is 4.74 Å². The monoisotopic (exact) mass is 336 g/mol. The number of ketones is 1. The van der Waals surface area contributed by atoms with E-state index in [-0.39, 0.29) is 5.78 Å². The Balaban J connectivity index is 2.33. The highest BCUT2D eigenvalue weighted by molar-refractivity contribution is 9.10. The van der Waals surface area contributed by atoms with Gasteiger partial charge in [-0.2, -0.15) is 5.10 Å². The molecule has 2 aromatic rings. The first-order valence-corrected chi connectivity index (χ1v) is 7.10. The van der Waals surface area contributed by atoms with Crippen LogP contribution in [0.15, 0.2) is 22.7 Å². The summed E-state index contributed by atoms with van der Waals surface area (Å²) < 4.78 is 7.98. The minimum absolute atomic E-state index is 0.0576. The van der Waals surface area contributed by atoms with Crippen LogP contribution in [0.25, 0.3) is 0 Å². The highest BCUT2D eigenvalue weighted by atomic mass is 79.9. The number of benzene rings is 1. The third kappa shape index (κ3) is 2.77. The van der Waals surface area contributed by atoms with Gasteiger partial charge in [0, 0.05) is 5.69 Å². The number of ether oxygens (including phenoxy) is 1. The number of carbonyl (C=O) groups is 1. The molecule has 0 aliphatic heterocycles. The molecule has 0 unspecified atom stereocenters.